The van der Waals surface area contributed by atoms with Gasteiger partial charge in [0.15, 0.2) is 0 Å². The first-order chi connectivity index (χ1) is 9.16. The summed E-state index contributed by atoms with van der Waals surface area (Å²) in [5, 5.41) is 10.5. The average molecular weight is 310 g/mol. The van der Waals surface area contributed by atoms with Crippen molar-refractivity contribution in [3.63, 3.8) is 0 Å². The van der Waals surface area contributed by atoms with E-state index in [1.807, 2.05) is 5.32 Å². The van der Waals surface area contributed by atoms with Crippen molar-refractivity contribution in [3.8, 4) is 0 Å². The van der Waals surface area contributed by atoms with Gasteiger partial charge in [-0.3, -0.25) is 14.9 Å². The number of alkyl halides is 3. The fourth-order valence-electron chi connectivity index (χ4n) is 1.20. The van der Waals surface area contributed by atoms with E-state index in [1.54, 1.807) is 4.72 Å². The Morgan fingerprint density at radius 3 is 2.50 bits per heavy atom. The number of nitrogens with one attached hydrogen (secondary N) is 2. The summed E-state index contributed by atoms with van der Waals surface area (Å²) in [6.07, 6.45) is -5.38. The molecule has 7 nitrogen and oxygen atoms in total. The van der Waals surface area contributed by atoms with Crippen LogP contribution in [0, 0.1) is 0 Å². The second-order valence-electron chi connectivity index (χ2n) is 3.49. The number of carbonyl (C=O) groups is 2. The van der Waals surface area contributed by atoms with Crippen molar-refractivity contribution in [1.29, 1.82) is 0 Å². The van der Waals surface area contributed by atoms with Crippen molar-refractivity contribution in [2.45, 2.75) is 6.18 Å². The van der Waals surface area contributed by atoms with E-state index < -0.39 is 29.7 Å². The lowest BCUT2D eigenvalue weighted by atomic mass is 10.2. The number of nitrogens with zero attached hydrogens (tertiary/aromatic N) is 2. The normalized spacial score (nSPS) is 10.8. The van der Waals surface area contributed by atoms with Gasteiger partial charge >= 0.3 is 18.3 Å². The monoisotopic (exact) mass is 310 g/mol. The van der Waals surface area contributed by atoms with Crippen molar-refractivity contribution in [2.24, 2.45) is 0 Å². The number of anilines is 2. The summed E-state index contributed by atoms with van der Waals surface area (Å²) in [6, 6.07) is -0.444. The van der Waals surface area contributed by atoms with E-state index in [9.17, 15) is 22.8 Å². The van der Waals surface area contributed by atoms with Crippen molar-refractivity contribution in [2.75, 3.05) is 17.3 Å². The highest BCUT2D eigenvalue weighted by Gasteiger charge is 2.35. The van der Waals surface area contributed by atoms with E-state index in [4.69, 9.17) is 5.11 Å². The first-order valence-corrected chi connectivity index (χ1v) is 5.36. The van der Waals surface area contributed by atoms with E-state index in [0.29, 0.717) is 11.0 Å². The van der Waals surface area contributed by atoms with Crippen molar-refractivity contribution < 1.29 is 27.9 Å². The Balaban J connectivity index is 3.27. The topological polar surface area (TPSA) is 94.6 Å². The number of carbonyl (C=O) groups excluding carboxylic acids is 1. The molecule has 3 N–H and O–H groups in total. The van der Waals surface area contributed by atoms with Crippen molar-refractivity contribution in [1.82, 2.24) is 9.71 Å². The minimum Gasteiger partial charge on any atom is -0.465 e. The maximum absolute atomic E-state index is 12.9. The molecule has 0 saturated heterocycles. The first-order valence-electron chi connectivity index (χ1n) is 4.91. The summed E-state index contributed by atoms with van der Waals surface area (Å²) in [6.45, 7) is 0. The molecule has 11 heteroatoms. The molecular weight excluding hydrogens is 301 g/mol. The Hall–Kier alpha value is -2.17. The number of halogens is 3. The lowest BCUT2D eigenvalue weighted by molar-refractivity contribution is -0.137. The fraction of sp³-hybridized carbons (Fsp3) is 0.222. The molecule has 0 aliphatic heterocycles. The second-order valence-corrected chi connectivity index (χ2v) is 3.72. The molecule has 0 aliphatic rings. The summed E-state index contributed by atoms with van der Waals surface area (Å²) in [5.74, 6) is -0.758. The van der Waals surface area contributed by atoms with Crippen LogP contribution in [0.5, 0.6) is 0 Å². The predicted octanol–water partition coefficient (Wildman–Crippen LogP) is 2.18. The molecular formula is C9H9F3N4O3S. The molecule has 0 saturated carbocycles. The largest absolute Gasteiger partial charge is 0.465 e. The molecule has 110 valence electrons. The van der Waals surface area contributed by atoms with E-state index in [2.05, 4.69) is 17.8 Å². The molecule has 0 atom stereocenters. The van der Waals surface area contributed by atoms with Crippen LogP contribution in [0.4, 0.5) is 34.3 Å². The number of carboxylic acid groups (broad SMARTS) is 1. The SMILES string of the molecule is CN(C(=O)O)c1cnc(NC(=O)NS)c(C(F)(F)F)c1. The Labute approximate surface area is 116 Å². The molecule has 3 amide bonds. The summed E-state index contributed by atoms with van der Waals surface area (Å²) in [4.78, 5) is 25.6. The summed E-state index contributed by atoms with van der Waals surface area (Å²) >= 11 is 3.38. The summed E-state index contributed by atoms with van der Waals surface area (Å²) in [7, 11) is 1.06. The number of pyridine rings is 1. The minimum atomic E-state index is -4.82. The number of urea groups is 1. The molecule has 0 spiro atoms. The highest BCUT2D eigenvalue weighted by Crippen LogP contribution is 2.35. The van der Waals surface area contributed by atoms with E-state index >= 15 is 0 Å². The van der Waals surface area contributed by atoms with Gasteiger partial charge in [-0.05, 0) is 6.07 Å². The third-order valence-corrected chi connectivity index (χ3v) is 2.39. The summed E-state index contributed by atoms with van der Waals surface area (Å²) in [5.41, 5.74) is -1.57. The zero-order valence-corrected chi connectivity index (χ0v) is 10.8. The third kappa shape index (κ3) is 3.66. The number of aromatic nitrogens is 1. The number of thiol groups is 1. The molecule has 1 aromatic rings. The molecule has 0 aromatic carbocycles. The van der Waals surface area contributed by atoms with Crippen LogP contribution in [-0.4, -0.2) is 29.3 Å². The van der Waals surface area contributed by atoms with Crippen molar-refractivity contribution in [3.05, 3.63) is 17.8 Å². The Kier molecular flexibility index (Phi) is 4.65. The fourth-order valence-corrected chi connectivity index (χ4v) is 1.25. The Morgan fingerprint density at radius 1 is 1.45 bits per heavy atom. The molecule has 0 fully saturated rings. The van der Waals surface area contributed by atoms with Gasteiger partial charge in [-0.15, -0.1) is 0 Å². The molecule has 0 bridgehead atoms. The molecule has 20 heavy (non-hydrogen) atoms. The van der Waals surface area contributed by atoms with Gasteiger partial charge in [-0.1, -0.05) is 12.8 Å². The van der Waals surface area contributed by atoms with Crippen molar-refractivity contribution >= 4 is 36.4 Å². The Bertz CT molecular complexity index is 538. The highest BCUT2D eigenvalue weighted by molar-refractivity contribution is 7.78. The maximum Gasteiger partial charge on any atom is 0.420 e. The minimum absolute atomic E-state index is 0.290. The number of rotatable bonds is 2. The highest BCUT2D eigenvalue weighted by atomic mass is 32.1. The second kappa shape index (κ2) is 5.86. The lowest BCUT2D eigenvalue weighted by Crippen LogP contribution is -2.26. The van der Waals surface area contributed by atoms with Gasteiger partial charge < -0.3 is 5.11 Å². The van der Waals surface area contributed by atoms with Gasteiger partial charge in [0, 0.05) is 7.05 Å². The maximum atomic E-state index is 12.9. The van der Waals surface area contributed by atoms with Gasteiger partial charge in [0.25, 0.3) is 0 Å². The predicted molar refractivity (Wildman–Crippen MR) is 66.8 cm³/mol. The van der Waals surface area contributed by atoms with Crippen LogP contribution in [0.25, 0.3) is 0 Å². The number of hydrogen-bond acceptors (Lipinski definition) is 4. The lowest BCUT2D eigenvalue weighted by Gasteiger charge is -2.17. The Morgan fingerprint density at radius 2 is 2.05 bits per heavy atom. The van der Waals surface area contributed by atoms with Gasteiger partial charge in [0.05, 0.1) is 11.9 Å². The van der Waals surface area contributed by atoms with E-state index in [1.165, 1.54) is 0 Å². The molecule has 0 aliphatic carbocycles. The molecule has 0 radical (unpaired) electrons. The third-order valence-electron chi connectivity index (χ3n) is 2.19. The first kappa shape index (κ1) is 15.9. The van der Waals surface area contributed by atoms with Gasteiger partial charge in [-0.25, -0.2) is 14.6 Å². The van der Waals surface area contributed by atoms with Crippen LogP contribution in [0.3, 0.4) is 0 Å². The van der Waals surface area contributed by atoms with Crippen LogP contribution < -0.4 is 14.9 Å². The quantitative estimate of drug-likeness (QED) is 0.630. The molecule has 1 heterocycles. The van der Waals surface area contributed by atoms with E-state index in [-0.39, 0.29) is 5.69 Å². The van der Waals surface area contributed by atoms with Crippen LogP contribution in [-0.2, 0) is 6.18 Å². The zero-order chi connectivity index (χ0) is 15.5. The summed E-state index contributed by atoms with van der Waals surface area (Å²) < 4.78 is 40.3. The molecule has 0 unspecified atom stereocenters. The molecule has 1 rings (SSSR count). The van der Waals surface area contributed by atoms with Crippen LogP contribution in [0.1, 0.15) is 5.56 Å². The standard InChI is InChI=1S/C9H9F3N4O3S/c1-16(8(18)19)4-2-5(9(10,11)12)6(13-3-4)14-7(17)15-20/h2-3,20H,1H3,(H,18,19)(H2,13,14,15,17). The van der Waals surface area contributed by atoms with E-state index in [0.717, 1.165) is 13.2 Å². The van der Waals surface area contributed by atoms with Gasteiger partial charge in [-0.2, -0.15) is 13.2 Å². The zero-order valence-electron chi connectivity index (χ0n) is 9.89. The van der Waals surface area contributed by atoms with Crippen LogP contribution in [0.15, 0.2) is 12.3 Å². The van der Waals surface area contributed by atoms with Crippen LogP contribution >= 0.6 is 12.8 Å². The van der Waals surface area contributed by atoms with Gasteiger partial charge in [0.2, 0.25) is 0 Å². The average Bonchev–Trinajstić information content (AvgIpc) is 2.36. The number of hydrogen-bond donors (Lipinski definition) is 4. The van der Waals surface area contributed by atoms with Gasteiger partial charge in [0.1, 0.15) is 11.4 Å². The molecule has 1 aromatic heterocycles. The van der Waals surface area contributed by atoms with Crippen LogP contribution in [0.2, 0.25) is 0 Å². The number of amides is 3. The smallest absolute Gasteiger partial charge is 0.420 e.